The van der Waals surface area contributed by atoms with Gasteiger partial charge in [0, 0.05) is 37.0 Å². The summed E-state index contributed by atoms with van der Waals surface area (Å²) < 4.78 is 5.28. The van der Waals surface area contributed by atoms with Gasteiger partial charge >= 0.3 is 0 Å². The lowest BCUT2D eigenvalue weighted by molar-refractivity contribution is -0.384. The van der Waals surface area contributed by atoms with Crippen molar-refractivity contribution in [3.05, 3.63) is 70.2 Å². The van der Waals surface area contributed by atoms with Gasteiger partial charge in [-0.1, -0.05) is 17.3 Å². The van der Waals surface area contributed by atoms with E-state index in [4.69, 9.17) is 4.52 Å². The number of non-ortho nitro benzene ring substituents is 1. The molecule has 130 valence electrons. The molecule has 0 spiro atoms. The molecule has 0 atom stereocenters. The second kappa shape index (κ2) is 6.36. The SMILES string of the molecule is O=C(c1cccc([N+](=O)[O-])c1)N1CC(c2nc(-c3ccccn3)no2)C1. The van der Waals surface area contributed by atoms with Crippen molar-refractivity contribution in [3.8, 4) is 11.5 Å². The molecule has 0 radical (unpaired) electrons. The van der Waals surface area contributed by atoms with Gasteiger partial charge in [0.1, 0.15) is 5.69 Å². The molecule has 3 aromatic rings. The van der Waals surface area contributed by atoms with Crippen LogP contribution in [0.15, 0.2) is 53.2 Å². The Morgan fingerprint density at radius 3 is 2.81 bits per heavy atom. The molecule has 1 aliphatic rings. The van der Waals surface area contributed by atoms with Crippen molar-refractivity contribution >= 4 is 11.6 Å². The fourth-order valence-electron chi connectivity index (χ4n) is 2.74. The summed E-state index contributed by atoms with van der Waals surface area (Å²) in [5.74, 6) is 0.551. The first-order valence-corrected chi connectivity index (χ1v) is 7.90. The number of rotatable bonds is 4. The van der Waals surface area contributed by atoms with Crippen LogP contribution in [-0.4, -0.2) is 43.9 Å². The van der Waals surface area contributed by atoms with Gasteiger partial charge in [-0.05, 0) is 18.2 Å². The molecule has 3 heterocycles. The highest BCUT2D eigenvalue weighted by Crippen LogP contribution is 2.29. The van der Waals surface area contributed by atoms with E-state index in [2.05, 4.69) is 15.1 Å². The predicted molar refractivity (Wildman–Crippen MR) is 89.3 cm³/mol. The number of benzene rings is 1. The first-order valence-electron chi connectivity index (χ1n) is 7.90. The number of nitro benzene ring substituents is 1. The van der Waals surface area contributed by atoms with Crippen LogP contribution in [0.1, 0.15) is 22.2 Å². The molecule has 1 aromatic carbocycles. The molecule has 2 aromatic heterocycles. The summed E-state index contributed by atoms with van der Waals surface area (Å²) in [6.45, 7) is 0.844. The molecule has 0 saturated carbocycles. The Kier molecular flexibility index (Phi) is 3.88. The standard InChI is InChI=1S/C17H13N5O4/c23-17(11-4-3-5-13(8-11)22(24)25)21-9-12(10-21)16-19-15(20-26-16)14-6-1-2-7-18-14/h1-8,12H,9-10H2. The third-order valence-electron chi connectivity index (χ3n) is 4.16. The van der Waals surface area contributed by atoms with E-state index in [0.29, 0.717) is 30.5 Å². The summed E-state index contributed by atoms with van der Waals surface area (Å²) in [6.07, 6.45) is 1.65. The average molecular weight is 351 g/mol. The number of pyridine rings is 1. The van der Waals surface area contributed by atoms with Crippen LogP contribution in [0.25, 0.3) is 11.5 Å². The Labute approximate surface area is 147 Å². The van der Waals surface area contributed by atoms with Crippen LogP contribution >= 0.6 is 0 Å². The lowest BCUT2D eigenvalue weighted by Crippen LogP contribution is -2.48. The second-order valence-corrected chi connectivity index (χ2v) is 5.89. The minimum atomic E-state index is -0.521. The van der Waals surface area contributed by atoms with E-state index in [0.717, 1.165) is 0 Å². The maximum absolute atomic E-state index is 12.4. The van der Waals surface area contributed by atoms with E-state index >= 15 is 0 Å². The molecular formula is C17H13N5O4. The molecule has 0 N–H and O–H groups in total. The lowest BCUT2D eigenvalue weighted by Gasteiger charge is -2.37. The van der Waals surface area contributed by atoms with Crippen molar-refractivity contribution in [3.63, 3.8) is 0 Å². The zero-order valence-electron chi connectivity index (χ0n) is 13.5. The van der Waals surface area contributed by atoms with Crippen molar-refractivity contribution in [1.29, 1.82) is 0 Å². The first kappa shape index (κ1) is 15.9. The molecule has 9 heteroatoms. The van der Waals surface area contributed by atoms with Gasteiger partial charge in [-0.25, -0.2) is 0 Å². The topological polar surface area (TPSA) is 115 Å². The van der Waals surface area contributed by atoms with Gasteiger partial charge in [0.2, 0.25) is 11.7 Å². The van der Waals surface area contributed by atoms with Gasteiger partial charge in [-0.2, -0.15) is 4.98 Å². The fraction of sp³-hybridized carbons (Fsp3) is 0.176. The number of hydrogen-bond donors (Lipinski definition) is 0. The molecule has 0 unspecified atom stereocenters. The zero-order chi connectivity index (χ0) is 18.1. The highest BCUT2D eigenvalue weighted by atomic mass is 16.6. The van der Waals surface area contributed by atoms with Crippen LogP contribution in [0.4, 0.5) is 5.69 Å². The van der Waals surface area contributed by atoms with E-state index in [-0.39, 0.29) is 23.1 Å². The molecule has 1 aliphatic heterocycles. The molecular weight excluding hydrogens is 338 g/mol. The third-order valence-corrected chi connectivity index (χ3v) is 4.16. The van der Waals surface area contributed by atoms with E-state index in [1.807, 2.05) is 6.07 Å². The maximum atomic E-state index is 12.4. The summed E-state index contributed by atoms with van der Waals surface area (Å²) in [7, 11) is 0. The number of amides is 1. The average Bonchev–Trinajstić information content (AvgIpc) is 3.11. The lowest BCUT2D eigenvalue weighted by atomic mass is 9.98. The van der Waals surface area contributed by atoms with Crippen molar-refractivity contribution in [1.82, 2.24) is 20.0 Å². The second-order valence-electron chi connectivity index (χ2n) is 5.89. The van der Waals surface area contributed by atoms with Gasteiger partial charge < -0.3 is 9.42 Å². The summed E-state index contributed by atoms with van der Waals surface area (Å²) >= 11 is 0. The zero-order valence-corrected chi connectivity index (χ0v) is 13.5. The van der Waals surface area contributed by atoms with Crippen molar-refractivity contribution < 1.29 is 14.2 Å². The largest absolute Gasteiger partial charge is 0.338 e. The molecule has 1 saturated heterocycles. The van der Waals surface area contributed by atoms with Crippen molar-refractivity contribution in [2.24, 2.45) is 0 Å². The number of nitro groups is 1. The smallest absolute Gasteiger partial charge is 0.270 e. The third kappa shape index (κ3) is 2.90. The first-order chi connectivity index (χ1) is 12.6. The molecule has 0 bridgehead atoms. The highest BCUT2D eigenvalue weighted by molar-refractivity contribution is 5.95. The van der Waals surface area contributed by atoms with Gasteiger partial charge in [0.05, 0.1) is 10.8 Å². The number of nitrogens with zero attached hydrogens (tertiary/aromatic N) is 5. The minimum Gasteiger partial charge on any atom is -0.338 e. The number of carbonyl (C=O) groups is 1. The Hall–Kier alpha value is -3.62. The van der Waals surface area contributed by atoms with Crippen LogP contribution in [0.3, 0.4) is 0 Å². The van der Waals surface area contributed by atoms with E-state index < -0.39 is 4.92 Å². The predicted octanol–water partition coefficient (Wildman–Crippen LogP) is 2.28. The summed E-state index contributed by atoms with van der Waals surface area (Å²) in [6, 6.07) is 11.1. The van der Waals surface area contributed by atoms with E-state index in [1.54, 1.807) is 29.3 Å². The minimum absolute atomic E-state index is 0.0531. The van der Waals surface area contributed by atoms with Gasteiger partial charge in [-0.3, -0.25) is 19.9 Å². The summed E-state index contributed by atoms with van der Waals surface area (Å²) in [4.78, 5) is 32.8. The van der Waals surface area contributed by atoms with Crippen molar-refractivity contribution in [2.75, 3.05) is 13.1 Å². The van der Waals surface area contributed by atoms with E-state index in [1.165, 1.54) is 18.2 Å². The Bertz CT molecular complexity index is 966. The highest BCUT2D eigenvalue weighted by Gasteiger charge is 2.36. The molecule has 26 heavy (non-hydrogen) atoms. The monoisotopic (exact) mass is 351 g/mol. The van der Waals surface area contributed by atoms with Crippen LogP contribution in [0.2, 0.25) is 0 Å². The number of likely N-dealkylation sites (tertiary alicyclic amines) is 1. The Morgan fingerprint density at radius 1 is 1.23 bits per heavy atom. The molecule has 9 nitrogen and oxygen atoms in total. The summed E-state index contributed by atoms with van der Waals surface area (Å²) in [5, 5.41) is 14.8. The van der Waals surface area contributed by atoms with Crippen LogP contribution in [0, 0.1) is 10.1 Å². The summed E-state index contributed by atoms with van der Waals surface area (Å²) in [5.41, 5.74) is 0.800. The molecule has 0 aliphatic carbocycles. The molecule has 1 fully saturated rings. The van der Waals surface area contributed by atoms with E-state index in [9.17, 15) is 14.9 Å². The quantitative estimate of drug-likeness (QED) is 0.523. The number of aromatic nitrogens is 3. The normalized spacial score (nSPS) is 14.1. The molecule has 1 amide bonds. The number of hydrogen-bond acceptors (Lipinski definition) is 7. The van der Waals surface area contributed by atoms with Gasteiger partial charge in [-0.15, -0.1) is 0 Å². The maximum Gasteiger partial charge on any atom is 0.270 e. The Balaban J connectivity index is 1.43. The molecule has 4 rings (SSSR count). The van der Waals surface area contributed by atoms with Gasteiger partial charge in [0.15, 0.2) is 0 Å². The number of carbonyl (C=O) groups excluding carboxylic acids is 1. The van der Waals surface area contributed by atoms with Crippen molar-refractivity contribution in [2.45, 2.75) is 5.92 Å². The van der Waals surface area contributed by atoms with Crippen LogP contribution < -0.4 is 0 Å². The fourth-order valence-corrected chi connectivity index (χ4v) is 2.74. The van der Waals surface area contributed by atoms with Crippen LogP contribution in [-0.2, 0) is 0 Å². The van der Waals surface area contributed by atoms with Gasteiger partial charge in [0.25, 0.3) is 11.6 Å². The van der Waals surface area contributed by atoms with Crippen LogP contribution in [0.5, 0.6) is 0 Å². The Morgan fingerprint density at radius 2 is 2.08 bits per heavy atom.